The van der Waals surface area contributed by atoms with Gasteiger partial charge in [-0.2, -0.15) is 4.37 Å². The average Bonchev–Trinajstić information content (AvgIpc) is 2.75. The van der Waals surface area contributed by atoms with Gasteiger partial charge in [-0.15, -0.1) is 0 Å². The van der Waals surface area contributed by atoms with Crippen LogP contribution in [-0.2, 0) is 11.2 Å². The Labute approximate surface area is 114 Å². The molecule has 1 aromatic heterocycles. The second-order valence-corrected chi connectivity index (χ2v) is 6.00. The molecule has 0 N–H and O–H groups in total. The normalized spacial score (nSPS) is 25.2. The van der Waals surface area contributed by atoms with E-state index in [1.807, 2.05) is 0 Å². The summed E-state index contributed by atoms with van der Waals surface area (Å²) in [6.45, 7) is 6.44. The van der Waals surface area contributed by atoms with Gasteiger partial charge in [-0.25, -0.2) is 4.98 Å². The largest absolute Gasteiger partial charge is 0.384 e. The highest BCUT2D eigenvalue weighted by molar-refractivity contribution is 7.09. The SMILES string of the molecule is COCCc1nsc(N2CC(C)CCCC2C)n1. The van der Waals surface area contributed by atoms with Crippen LogP contribution >= 0.6 is 11.5 Å². The zero-order valence-corrected chi connectivity index (χ0v) is 12.4. The second kappa shape index (κ2) is 6.48. The van der Waals surface area contributed by atoms with Gasteiger partial charge in [-0.1, -0.05) is 13.3 Å². The molecule has 0 radical (unpaired) electrons. The fourth-order valence-corrected chi connectivity index (χ4v) is 3.27. The standard InChI is InChI=1S/C13H23N3OS/c1-10-5-4-6-11(2)16(9-10)13-14-12(15-18-13)7-8-17-3/h10-11H,4-9H2,1-3H3. The van der Waals surface area contributed by atoms with Gasteiger partial charge in [-0.05, 0) is 25.7 Å². The molecule has 0 spiro atoms. The molecule has 2 atom stereocenters. The molecule has 1 saturated heterocycles. The summed E-state index contributed by atoms with van der Waals surface area (Å²) >= 11 is 1.53. The maximum Gasteiger partial charge on any atom is 0.205 e. The number of ether oxygens (including phenoxy) is 1. The van der Waals surface area contributed by atoms with Crippen LogP contribution in [0.4, 0.5) is 5.13 Å². The Bertz CT molecular complexity index is 369. The Hall–Kier alpha value is -0.680. The van der Waals surface area contributed by atoms with E-state index in [9.17, 15) is 0 Å². The van der Waals surface area contributed by atoms with Gasteiger partial charge in [0, 0.05) is 37.6 Å². The summed E-state index contributed by atoms with van der Waals surface area (Å²) in [5.74, 6) is 1.67. The number of aromatic nitrogens is 2. The Morgan fingerprint density at radius 2 is 2.22 bits per heavy atom. The number of methoxy groups -OCH3 is 1. The summed E-state index contributed by atoms with van der Waals surface area (Å²) in [6, 6.07) is 0.582. The van der Waals surface area contributed by atoms with Crippen molar-refractivity contribution in [3.05, 3.63) is 5.82 Å². The summed E-state index contributed by atoms with van der Waals surface area (Å²) in [6.07, 6.45) is 4.73. The fraction of sp³-hybridized carbons (Fsp3) is 0.846. The Morgan fingerprint density at radius 1 is 1.39 bits per heavy atom. The number of rotatable bonds is 4. The van der Waals surface area contributed by atoms with E-state index in [1.165, 1.54) is 30.8 Å². The van der Waals surface area contributed by atoms with Crippen LogP contribution in [-0.4, -0.2) is 35.7 Å². The van der Waals surface area contributed by atoms with Crippen LogP contribution in [0.1, 0.15) is 38.9 Å². The predicted molar refractivity (Wildman–Crippen MR) is 75.3 cm³/mol. The second-order valence-electron chi connectivity index (χ2n) is 5.27. The lowest BCUT2D eigenvalue weighted by Gasteiger charge is -2.27. The van der Waals surface area contributed by atoms with Crippen molar-refractivity contribution in [2.24, 2.45) is 5.92 Å². The summed E-state index contributed by atoms with van der Waals surface area (Å²) in [7, 11) is 1.71. The van der Waals surface area contributed by atoms with Gasteiger partial charge in [0.2, 0.25) is 5.13 Å². The van der Waals surface area contributed by atoms with E-state index in [-0.39, 0.29) is 0 Å². The highest BCUT2D eigenvalue weighted by Crippen LogP contribution is 2.27. The summed E-state index contributed by atoms with van der Waals surface area (Å²) in [5.41, 5.74) is 0. The van der Waals surface area contributed by atoms with Gasteiger partial charge < -0.3 is 9.64 Å². The lowest BCUT2D eigenvalue weighted by Crippen LogP contribution is -2.34. The van der Waals surface area contributed by atoms with Crippen LogP contribution in [0.25, 0.3) is 0 Å². The monoisotopic (exact) mass is 269 g/mol. The molecule has 102 valence electrons. The average molecular weight is 269 g/mol. The molecule has 2 heterocycles. The molecule has 4 nitrogen and oxygen atoms in total. The number of nitrogens with zero attached hydrogens (tertiary/aromatic N) is 3. The molecule has 0 aromatic carbocycles. The first-order chi connectivity index (χ1) is 8.70. The summed E-state index contributed by atoms with van der Waals surface area (Å²) in [5, 5.41) is 1.09. The Kier molecular flexibility index (Phi) is 4.95. The Balaban J connectivity index is 2.05. The quantitative estimate of drug-likeness (QED) is 0.842. The highest BCUT2D eigenvalue weighted by Gasteiger charge is 2.23. The number of hydrogen-bond acceptors (Lipinski definition) is 5. The van der Waals surface area contributed by atoms with Crippen molar-refractivity contribution >= 4 is 16.7 Å². The van der Waals surface area contributed by atoms with E-state index in [2.05, 4.69) is 28.1 Å². The molecule has 1 fully saturated rings. The smallest absolute Gasteiger partial charge is 0.205 e. The third kappa shape index (κ3) is 3.42. The van der Waals surface area contributed by atoms with Gasteiger partial charge in [0.05, 0.1) is 6.61 Å². The van der Waals surface area contributed by atoms with Crippen LogP contribution in [0, 0.1) is 5.92 Å². The molecule has 1 aliphatic heterocycles. The maximum atomic E-state index is 5.07. The van der Waals surface area contributed by atoms with Crippen molar-refractivity contribution in [3.63, 3.8) is 0 Å². The van der Waals surface area contributed by atoms with E-state index in [0.717, 1.165) is 29.8 Å². The lowest BCUT2D eigenvalue weighted by molar-refractivity contribution is 0.201. The fourth-order valence-electron chi connectivity index (χ4n) is 2.45. The van der Waals surface area contributed by atoms with Crippen LogP contribution in [0.15, 0.2) is 0 Å². The highest BCUT2D eigenvalue weighted by atomic mass is 32.1. The lowest BCUT2D eigenvalue weighted by atomic mass is 10.1. The topological polar surface area (TPSA) is 38.2 Å². The van der Waals surface area contributed by atoms with Crippen LogP contribution in [0.5, 0.6) is 0 Å². The molecule has 1 aliphatic rings. The zero-order valence-electron chi connectivity index (χ0n) is 11.6. The van der Waals surface area contributed by atoms with Crippen LogP contribution < -0.4 is 4.90 Å². The van der Waals surface area contributed by atoms with E-state index in [0.29, 0.717) is 12.6 Å². The van der Waals surface area contributed by atoms with Crippen LogP contribution in [0.3, 0.4) is 0 Å². The minimum absolute atomic E-state index is 0.582. The van der Waals surface area contributed by atoms with Crippen molar-refractivity contribution in [2.45, 2.75) is 45.6 Å². The third-order valence-corrected chi connectivity index (χ3v) is 4.38. The van der Waals surface area contributed by atoms with E-state index in [1.54, 1.807) is 7.11 Å². The van der Waals surface area contributed by atoms with Gasteiger partial charge >= 0.3 is 0 Å². The molecule has 18 heavy (non-hydrogen) atoms. The minimum atomic E-state index is 0.582. The van der Waals surface area contributed by atoms with Crippen molar-refractivity contribution < 1.29 is 4.74 Å². The maximum absolute atomic E-state index is 5.07. The van der Waals surface area contributed by atoms with Crippen molar-refractivity contribution in [1.82, 2.24) is 9.36 Å². The van der Waals surface area contributed by atoms with Crippen molar-refractivity contribution in [3.8, 4) is 0 Å². The molecular formula is C13H23N3OS. The summed E-state index contributed by atoms with van der Waals surface area (Å²) < 4.78 is 9.50. The molecule has 5 heteroatoms. The predicted octanol–water partition coefficient (Wildman–Crippen LogP) is 2.74. The Morgan fingerprint density at radius 3 is 3.00 bits per heavy atom. The molecule has 2 rings (SSSR count). The van der Waals surface area contributed by atoms with Gasteiger partial charge in [0.1, 0.15) is 5.82 Å². The van der Waals surface area contributed by atoms with Crippen molar-refractivity contribution in [1.29, 1.82) is 0 Å². The van der Waals surface area contributed by atoms with E-state index in [4.69, 9.17) is 4.74 Å². The molecule has 1 aromatic rings. The molecule has 0 bridgehead atoms. The first kappa shape index (κ1) is 13.7. The molecule has 0 amide bonds. The summed E-state index contributed by atoms with van der Waals surface area (Å²) in [4.78, 5) is 7.09. The number of hydrogen-bond donors (Lipinski definition) is 0. The minimum Gasteiger partial charge on any atom is -0.384 e. The van der Waals surface area contributed by atoms with Crippen molar-refractivity contribution in [2.75, 3.05) is 25.2 Å². The van der Waals surface area contributed by atoms with Crippen LogP contribution in [0.2, 0.25) is 0 Å². The first-order valence-corrected chi connectivity index (χ1v) is 7.56. The van der Waals surface area contributed by atoms with E-state index < -0.39 is 0 Å². The zero-order chi connectivity index (χ0) is 13.0. The van der Waals surface area contributed by atoms with Gasteiger partial charge in [0.25, 0.3) is 0 Å². The van der Waals surface area contributed by atoms with E-state index >= 15 is 0 Å². The van der Waals surface area contributed by atoms with Gasteiger partial charge in [-0.3, -0.25) is 0 Å². The third-order valence-electron chi connectivity index (χ3n) is 3.59. The molecule has 0 saturated carbocycles. The molecular weight excluding hydrogens is 246 g/mol. The van der Waals surface area contributed by atoms with Gasteiger partial charge in [0.15, 0.2) is 0 Å². The first-order valence-electron chi connectivity index (χ1n) is 6.79. The molecule has 0 aliphatic carbocycles. The molecule has 2 unspecified atom stereocenters. The number of anilines is 1.